The summed E-state index contributed by atoms with van der Waals surface area (Å²) in [7, 11) is 1.67. The van der Waals surface area contributed by atoms with Gasteiger partial charge in [0.25, 0.3) is 0 Å². The highest BCUT2D eigenvalue weighted by molar-refractivity contribution is 7.05. The Morgan fingerprint density at radius 3 is 2.30 bits per heavy atom. The number of halogens is 1. The molecule has 0 saturated carbocycles. The first kappa shape index (κ1) is 13.2. The fourth-order valence-corrected chi connectivity index (χ4v) is 2.98. The number of benzene rings is 2. The summed E-state index contributed by atoms with van der Waals surface area (Å²) in [6.45, 7) is 0. The van der Waals surface area contributed by atoms with Crippen LogP contribution >= 0.6 is 23.1 Å². The normalized spacial score (nSPS) is 10.5. The molecule has 0 N–H and O–H groups in total. The van der Waals surface area contributed by atoms with Gasteiger partial charge in [-0.3, -0.25) is 0 Å². The highest BCUT2D eigenvalue weighted by atomic mass is 35.5. The van der Waals surface area contributed by atoms with Gasteiger partial charge in [-0.25, -0.2) is 0 Å². The molecule has 0 spiro atoms. The monoisotopic (exact) mass is 302 g/mol. The lowest BCUT2D eigenvalue weighted by atomic mass is 10.2. The molecule has 100 valence electrons. The molecule has 0 aliphatic carbocycles. The number of nitrogens with zero attached hydrogens (tertiary/aromatic N) is 1. The van der Waals surface area contributed by atoms with Crippen LogP contribution in [-0.4, -0.2) is 7.11 Å². The zero-order chi connectivity index (χ0) is 13.9. The van der Waals surface area contributed by atoms with Crippen LogP contribution in [0.4, 0.5) is 0 Å². The van der Waals surface area contributed by atoms with Crippen LogP contribution in [-0.2, 0) is 0 Å². The van der Waals surface area contributed by atoms with E-state index in [2.05, 4.69) is 16.2 Å². The predicted molar refractivity (Wildman–Crippen MR) is 82.8 cm³/mol. The molecule has 0 bridgehead atoms. The minimum Gasteiger partial charge on any atom is -0.497 e. The summed E-state index contributed by atoms with van der Waals surface area (Å²) in [5.41, 5.74) is 2.29. The Labute approximate surface area is 127 Å². The zero-order valence-electron chi connectivity index (χ0n) is 10.9. The highest BCUT2D eigenvalue weighted by Gasteiger charge is 2.12. The molecule has 0 saturated heterocycles. The Kier molecular flexibility index (Phi) is 3.72. The number of hydrogen-bond donors (Lipinski definition) is 0. The van der Waals surface area contributed by atoms with Crippen molar-refractivity contribution in [2.75, 3.05) is 7.11 Å². The molecular weight excluding hydrogens is 290 g/mol. The number of rotatable bonds is 3. The number of aromatic nitrogens is 1. The van der Waals surface area contributed by atoms with Crippen molar-refractivity contribution in [3.8, 4) is 21.9 Å². The third-order valence-corrected chi connectivity index (χ3v) is 4.36. The van der Waals surface area contributed by atoms with Crippen LogP contribution in [0.2, 0.25) is 5.02 Å². The lowest BCUT2D eigenvalue weighted by Gasteiger charge is -1.97. The van der Waals surface area contributed by atoms with Crippen LogP contribution in [0.5, 0.6) is 5.75 Å². The first-order valence-electron chi connectivity index (χ1n) is 6.18. The molecule has 3 aromatic rings. The topological polar surface area (TPSA) is 13.1 Å². The van der Waals surface area contributed by atoms with E-state index >= 15 is 0 Å². The minimum absolute atomic E-state index is 0.758. The molecule has 0 fully saturated rings. The Balaban J connectivity index is 1.91. The van der Waals surface area contributed by atoms with E-state index in [1.54, 1.807) is 18.6 Å². The van der Waals surface area contributed by atoms with E-state index in [1.165, 1.54) is 10.4 Å². The van der Waals surface area contributed by atoms with Crippen molar-refractivity contribution in [1.29, 1.82) is 0 Å². The van der Waals surface area contributed by atoms with E-state index in [0.717, 1.165) is 16.5 Å². The molecule has 0 amide bonds. The molecule has 0 radical (unpaired) electrons. The second-order valence-electron chi connectivity index (χ2n) is 4.30. The van der Waals surface area contributed by atoms with Gasteiger partial charge in [-0.2, -0.15) is 0 Å². The molecule has 0 aliphatic rings. The van der Waals surface area contributed by atoms with E-state index in [9.17, 15) is 0 Å². The smallest absolute Gasteiger partial charge is 0.225 e. The quantitative estimate of drug-likeness (QED) is 0.655. The van der Waals surface area contributed by atoms with Gasteiger partial charge in [0, 0.05) is 23.2 Å². The maximum Gasteiger partial charge on any atom is 0.225 e. The van der Waals surface area contributed by atoms with Crippen molar-refractivity contribution in [3.63, 3.8) is 0 Å². The SMILES string of the molecule is COc1ccc(-[n+]2ccc(-c3ccc(Cl)cc3)s2)cc1. The summed E-state index contributed by atoms with van der Waals surface area (Å²) in [4.78, 5) is 1.21. The van der Waals surface area contributed by atoms with Crippen LogP contribution in [0.25, 0.3) is 16.1 Å². The molecule has 1 aromatic heterocycles. The lowest BCUT2D eigenvalue weighted by molar-refractivity contribution is -0.519. The van der Waals surface area contributed by atoms with Crippen molar-refractivity contribution >= 4 is 23.1 Å². The predicted octanol–water partition coefficient (Wildman–Crippen LogP) is 4.35. The van der Waals surface area contributed by atoms with Gasteiger partial charge in [0.1, 0.15) is 22.2 Å². The third kappa shape index (κ3) is 2.69. The highest BCUT2D eigenvalue weighted by Crippen LogP contribution is 2.24. The summed E-state index contributed by atoms with van der Waals surface area (Å²) < 4.78 is 7.30. The van der Waals surface area contributed by atoms with Gasteiger partial charge >= 0.3 is 0 Å². The Hall–Kier alpha value is -1.84. The Morgan fingerprint density at radius 2 is 1.65 bits per heavy atom. The second-order valence-corrected chi connectivity index (χ2v) is 5.75. The number of hydrogen-bond acceptors (Lipinski definition) is 2. The Morgan fingerprint density at radius 1 is 0.950 bits per heavy atom. The standard InChI is InChI=1S/C16H13ClNOS/c1-19-15-8-6-14(7-9-15)18-11-10-16(20-18)12-2-4-13(17)5-3-12/h2-11H,1H3/q+1. The van der Waals surface area contributed by atoms with Gasteiger partial charge in [-0.1, -0.05) is 23.7 Å². The minimum atomic E-state index is 0.758. The first-order valence-corrected chi connectivity index (χ1v) is 7.34. The van der Waals surface area contributed by atoms with Crippen molar-refractivity contribution in [2.24, 2.45) is 0 Å². The maximum atomic E-state index is 5.92. The Bertz CT molecular complexity index is 704. The van der Waals surface area contributed by atoms with Gasteiger partial charge in [-0.15, -0.1) is 3.96 Å². The van der Waals surface area contributed by atoms with Crippen molar-refractivity contribution in [2.45, 2.75) is 0 Å². The van der Waals surface area contributed by atoms with E-state index < -0.39 is 0 Å². The summed E-state index contributed by atoms with van der Waals surface area (Å²) in [6.07, 6.45) is 2.07. The molecule has 2 nitrogen and oxygen atoms in total. The average Bonchev–Trinajstić information content (AvgIpc) is 2.98. The molecule has 4 heteroatoms. The van der Waals surface area contributed by atoms with E-state index in [4.69, 9.17) is 16.3 Å². The number of methoxy groups -OCH3 is 1. The number of ether oxygens (including phenoxy) is 1. The second kappa shape index (κ2) is 5.65. The van der Waals surface area contributed by atoms with E-state index in [-0.39, 0.29) is 0 Å². The molecule has 20 heavy (non-hydrogen) atoms. The van der Waals surface area contributed by atoms with Gasteiger partial charge < -0.3 is 4.74 Å². The summed E-state index contributed by atoms with van der Waals surface area (Å²) in [5, 5.41) is 0.758. The molecule has 2 aromatic carbocycles. The van der Waals surface area contributed by atoms with Crippen molar-refractivity contribution in [3.05, 3.63) is 65.8 Å². The van der Waals surface area contributed by atoms with Crippen LogP contribution in [0.1, 0.15) is 0 Å². The maximum absolute atomic E-state index is 5.92. The fourth-order valence-electron chi connectivity index (χ4n) is 1.93. The van der Waals surface area contributed by atoms with Crippen LogP contribution < -0.4 is 8.69 Å². The van der Waals surface area contributed by atoms with E-state index in [0.29, 0.717) is 0 Å². The molecule has 0 aliphatic heterocycles. The summed E-state index contributed by atoms with van der Waals surface area (Å²) >= 11 is 7.61. The van der Waals surface area contributed by atoms with Gasteiger partial charge in [0.2, 0.25) is 5.69 Å². The fraction of sp³-hybridized carbons (Fsp3) is 0.0625. The lowest BCUT2D eigenvalue weighted by Crippen LogP contribution is -2.23. The first-order chi connectivity index (χ1) is 9.76. The molecule has 1 heterocycles. The molecule has 3 rings (SSSR count). The van der Waals surface area contributed by atoms with Gasteiger partial charge in [-0.05, 0) is 29.8 Å². The van der Waals surface area contributed by atoms with E-state index in [1.807, 2.05) is 48.5 Å². The largest absolute Gasteiger partial charge is 0.497 e. The summed E-state index contributed by atoms with van der Waals surface area (Å²) in [6, 6.07) is 18.0. The molecular formula is C16H13ClNOS+. The average molecular weight is 303 g/mol. The third-order valence-electron chi connectivity index (χ3n) is 3.01. The van der Waals surface area contributed by atoms with Crippen LogP contribution in [0.3, 0.4) is 0 Å². The van der Waals surface area contributed by atoms with Gasteiger partial charge in [0.15, 0.2) is 6.20 Å². The summed E-state index contributed by atoms with van der Waals surface area (Å²) in [5.74, 6) is 0.865. The molecule has 0 atom stereocenters. The van der Waals surface area contributed by atoms with Crippen molar-refractivity contribution in [1.82, 2.24) is 0 Å². The zero-order valence-corrected chi connectivity index (χ0v) is 12.5. The van der Waals surface area contributed by atoms with Crippen molar-refractivity contribution < 1.29 is 8.69 Å². The van der Waals surface area contributed by atoms with Crippen LogP contribution in [0.15, 0.2) is 60.8 Å². The molecule has 0 unspecified atom stereocenters. The van der Waals surface area contributed by atoms with Gasteiger partial charge in [0.05, 0.1) is 7.11 Å². The van der Waals surface area contributed by atoms with Crippen LogP contribution in [0, 0.1) is 0 Å².